The van der Waals surface area contributed by atoms with E-state index in [2.05, 4.69) is 5.87 Å². The fraction of sp³-hybridized carbons (Fsp3) is 0.500. The zero-order chi connectivity index (χ0) is 5.21. The Labute approximate surface area is 37.0 Å². The summed E-state index contributed by atoms with van der Waals surface area (Å²) in [7, 11) is -2.88. The maximum atomic E-state index is 9.88. The normalized spacial score (nSPS) is 19.7. The van der Waals surface area contributed by atoms with Gasteiger partial charge in [-0.3, -0.25) is 0 Å². The molecule has 0 aliphatic carbocycles. The summed E-state index contributed by atoms with van der Waals surface area (Å²) in [4.78, 5) is 0. The highest BCUT2D eigenvalue weighted by Gasteiger charge is 1.84. The Balaban J connectivity index is 3.85. The smallest absolute Gasteiger partial charge is 0.0877 e. The molecule has 0 aliphatic rings. The molecule has 0 rings (SSSR count). The van der Waals surface area contributed by atoms with Crippen molar-refractivity contribution >= 4 is 15.7 Å². The highest BCUT2D eigenvalue weighted by Crippen LogP contribution is 1.68. The lowest BCUT2D eigenvalue weighted by molar-refractivity contribution is 0.560. The van der Waals surface area contributed by atoms with Crippen LogP contribution in [0.2, 0.25) is 0 Å². The van der Waals surface area contributed by atoms with Gasteiger partial charge in [0, 0.05) is 0 Å². The Morgan fingerprint density at radius 3 is 2.17 bits per heavy atom. The minimum absolute atomic E-state index is 0.257. The van der Waals surface area contributed by atoms with Gasteiger partial charge in [0.2, 0.25) is 0 Å². The van der Waals surface area contributed by atoms with Gasteiger partial charge in [-0.15, -0.1) is 0 Å². The van der Waals surface area contributed by atoms with Gasteiger partial charge in [-0.2, -0.15) is 0 Å². The van der Waals surface area contributed by atoms with E-state index in [4.69, 9.17) is 10.3 Å². The molecule has 0 aromatic carbocycles. The summed E-state index contributed by atoms with van der Waals surface area (Å²) in [5.74, 6) is 2.59. The molecule has 0 bridgehead atoms. The Kier molecular flexibility index (Phi) is 1.58. The highest BCUT2D eigenvalue weighted by molar-refractivity contribution is 7.95. The van der Waals surface area contributed by atoms with E-state index in [1.807, 2.05) is 0 Å². The molecule has 6 heavy (non-hydrogen) atoms. The molecule has 0 radical (unpaired) electrons. The van der Waals surface area contributed by atoms with Crippen molar-refractivity contribution in [3.8, 4) is 0 Å². The number of hydrogen-bond donors (Lipinski definition) is 2. The molecule has 0 aliphatic heterocycles. The summed E-state index contributed by atoms with van der Waals surface area (Å²) in [6.07, 6.45) is 0. The SMILES string of the molecule is C=S(=O)(O)CN. The van der Waals surface area contributed by atoms with E-state index >= 15 is 0 Å². The van der Waals surface area contributed by atoms with Crippen molar-refractivity contribution in [2.24, 2.45) is 5.73 Å². The van der Waals surface area contributed by atoms with E-state index in [1.54, 1.807) is 0 Å². The zero-order valence-corrected chi connectivity index (χ0v) is 4.07. The maximum Gasteiger partial charge on any atom is 0.0877 e. The largest absolute Gasteiger partial charge is 0.318 e. The topological polar surface area (TPSA) is 63.3 Å². The summed E-state index contributed by atoms with van der Waals surface area (Å²) in [6.45, 7) is 0. The maximum absolute atomic E-state index is 9.88. The lowest BCUT2D eigenvalue weighted by Gasteiger charge is -1.88. The van der Waals surface area contributed by atoms with E-state index < -0.39 is 9.80 Å². The van der Waals surface area contributed by atoms with Gasteiger partial charge in [0.15, 0.2) is 0 Å². The third-order valence-electron chi connectivity index (χ3n) is 0.260. The fourth-order valence-electron chi connectivity index (χ4n) is 0. The second-order valence-electron chi connectivity index (χ2n) is 0.939. The van der Waals surface area contributed by atoms with Crippen molar-refractivity contribution in [2.75, 3.05) is 5.88 Å². The molecule has 3 nitrogen and oxygen atoms in total. The van der Waals surface area contributed by atoms with Crippen LogP contribution in [0.1, 0.15) is 0 Å². The second-order valence-corrected chi connectivity index (χ2v) is 2.82. The van der Waals surface area contributed by atoms with Gasteiger partial charge in [0.25, 0.3) is 0 Å². The van der Waals surface area contributed by atoms with Crippen molar-refractivity contribution in [1.82, 2.24) is 0 Å². The number of nitrogens with two attached hydrogens (primary N) is 1. The van der Waals surface area contributed by atoms with Crippen LogP contribution in [0.3, 0.4) is 0 Å². The third kappa shape index (κ3) is 3.94. The van der Waals surface area contributed by atoms with Gasteiger partial charge >= 0.3 is 0 Å². The molecule has 0 amide bonds. The molecule has 0 saturated heterocycles. The predicted octanol–water partition coefficient (Wildman–Crippen LogP) is -0.908. The van der Waals surface area contributed by atoms with Crippen molar-refractivity contribution in [2.45, 2.75) is 0 Å². The van der Waals surface area contributed by atoms with E-state index in [0.717, 1.165) is 0 Å². The van der Waals surface area contributed by atoms with Crippen LogP contribution in [0.4, 0.5) is 0 Å². The molecule has 3 N–H and O–H groups in total. The van der Waals surface area contributed by atoms with E-state index in [0.29, 0.717) is 0 Å². The molecular weight excluding hydrogens is 102 g/mol. The molecule has 0 fully saturated rings. The first-order valence-electron chi connectivity index (χ1n) is 1.33. The molecule has 0 aromatic rings. The quantitative estimate of drug-likeness (QED) is 0.428. The first-order valence-corrected chi connectivity index (χ1v) is 3.19. The van der Waals surface area contributed by atoms with Gasteiger partial charge < -0.3 is 10.3 Å². The van der Waals surface area contributed by atoms with E-state index in [1.165, 1.54) is 0 Å². The van der Waals surface area contributed by atoms with Gasteiger partial charge in [-0.25, -0.2) is 4.21 Å². The van der Waals surface area contributed by atoms with Crippen LogP contribution in [0.5, 0.6) is 0 Å². The Morgan fingerprint density at radius 1 is 2.00 bits per heavy atom. The van der Waals surface area contributed by atoms with Crippen molar-refractivity contribution in [3.05, 3.63) is 0 Å². The van der Waals surface area contributed by atoms with Crippen molar-refractivity contribution < 1.29 is 8.76 Å². The van der Waals surface area contributed by atoms with Crippen molar-refractivity contribution in [3.63, 3.8) is 0 Å². The monoisotopic (exact) mass is 109 g/mol. The van der Waals surface area contributed by atoms with Crippen LogP contribution in [-0.2, 0) is 9.80 Å². The lowest BCUT2D eigenvalue weighted by Crippen LogP contribution is -2.11. The van der Waals surface area contributed by atoms with Gasteiger partial charge in [-0.1, -0.05) is 0 Å². The summed E-state index contributed by atoms with van der Waals surface area (Å²) in [5, 5.41) is 0. The molecule has 4 heteroatoms. The van der Waals surface area contributed by atoms with Gasteiger partial charge in [0.1, 0.15) is 0 Å². The lowest BCUT2D eigenvalue weighted by atomic mass is 11.6. The zero-order valence-electron chi connectivity index (χ0n) is 3.26. The number of rotatable bonds is 1. The second kappa shape index (κ2) is 1.59. The average molecular weight is 109 g/mol. The third-order valence-corrected chi connectivity index (χ3v) is 0.781. The van der Waals surface area contributed by atoms with Crippen LogP contribution in [-0.4, -0.2) is 20.5 Å². The Morgan fingerprint density at radius 2 is 2.17 bits per heavy atom. The van der Waals surface area contributed by atoms with Crippen molar-refractivity contribution in [1.29, 1.82) is 0 Å². The van der Waals surface area contributed by atoms with Crippen LogP contribution in [0.15, 0.2) is 0 Å². The molecule has 1 atom stereocenters. The molecule has 0 aromatic heterocycles. The van der Waals surface area contributed by atoms with Crippen LogP contribution in [0, 0.1) is 0 Å². The molecule has 0 saturated carbocycles. The standard InChI is InChI=1S/C2H7NO2S/c1-6(4,5)2-3/h1-3H2,(H,4,5). The Bertz CT molecular complexity index is 114. The summed E-state index contributed by atoms with van der Waals surface area (Å²) < 4.78 is 18.0. The molecular formula is C2H7NO2S. The van der Waals surface area contributed by atoms with E-state index in [-0.39, 0.29) is 5.88 Å². The van der Waals surface area contributed by atoms with E-state index in [9.17, 15) is 4.21 Å². The summed E-state index contributed by atoms with van der Waals surface area (Å²) >= 11 is 0. The van der Waals surface area contributed by atoms with Crippen LogP contribution < -0.4 is 5.73 Å². The predicted molar refractivity (Wildman–Crippen MR) is 26.9 cm³/mol. The Hall–Kier alpha value is -0.0600. The molecule has 0 heterocycles. The fourth-order valence-corrected chi connectivity index (χ4v) is 0. The first kappa shape index (κ1) is 5.94. The molecule has 0 spiro atoms. The molecule has 1 unspecified atom stereocenters. The molecule has 38 valence electrons. The number of hydrogen-bond acceptors (Lipinski definition) is 2. The summed E-state index contributed by atoms with van der Waals surface area (Å²) in [5.41, 5.74) is 4.72. The highest BCUT2D eigenvalue weighted by atomic mass is 32.2. The van der Waals surface area contributed by atoms with Gasteiger partial charge in [0.05, 0.1) is 15.7 Å². The van der Waals surface area contributed by atoms with Crippen LogP contribution >= 0.6 is 0 Å². The van der Waals surface area contributed by atoms with Gasteiger partial charge in [-0.05, 0) is 5.87 Å². The first-order chi connectivity index (χ1) is 2.56. The van der Waals surface area contributed by atoms with Crippen LogP contribution in [0.25, 0.3) is 0 Å². The minimum Gasteiger partial charge on any atom is -0.318 e. The summed E-state index contributed by atoms with van der Waals surface area (Å²) in [6, 6.07) is 0. The minimum atomic E-state index is -2.88. The average Bonchev–Trinajstić information content (AvgIpc) is 1.35.